The van der Waals surface area contributed by atoms with Crippen molar-refractivity contribution < 1.29 is 9.53 Å². The number of esters is 1. The molecule has 1 unspecified atom stereocenters. The van der Waals surface area contributed by atoms with Gasteiger partial charge in [-0.1, -0.05) is 24.3 Å². The number of carbonyl (C=O) groups is 1. The van der Waals surface area contributed by atoms with Gasteiger partial charge in [0, 0.05) is 0 Å². The molecule has 1 heterocycles. The Morgan fingerprint density at radius 3 is 2.89 bits per heavy atom. The summed E-state index contributed by atoms with van der Waals surface area (Å²) >= 11 is 0. The Labute approximate surface area is 105 Å². The number of carbonyl (C=O) groups excluding carboxylic acids is 1. The highest BCUT2D eigenvalue weighted by Gasteiger charge is 2.16. The van der Waals surface area contributed by atoms with Crippen LogP contribution in [0.3, 0.4) is 0 Å². The highest BCUT2D eigenvalue weighted by atomic mass is 16.5. The molecule has 2 aromatic rings. The second-order valence-corrected chi connectivity index (χ2v) is 3.99. The highest BCUT2D eigenvalue weighted by Crippen LogP contribution is 2.15. The quantitative estimate of drug-likeness (QED) is 0.775. The van der Waals surface area contributed by atoms with Crippen molar-refractivity contribution in [1.82, 2.24) is 15.0 Å². The SMILES string of the molecule is CCC(C)OC(=O)c1ccccc1-n1ccnn1. The maximum atomic E-state index is 12.0. The molecular formula is C13H15N3O2. The number of benzene rings is 1. The van der Waals surface area contributed by atoms with E-state index in [0.717, 1.165) is 6.42 Å². The van der Waals surface area contributed by atoms with Gasteiger partial charge in [0.1, 0.15) is 0 Å². The summed E-state index contributed by atoms with van der Waals surface area (Å²) in [5.74, 6) is -0.338. The van der Waals surface area contributed by atoms with Crippen LogP contribution in [0.25, 0.3) is 5.69 Å². The third-order valence-electron chi connectivity index (χ3n) is 2.68. The second-order valence-electron chi connectivity index (χ2n) is 3.99. The van der Waals surface area contributed by atoms with Crippen molar-refractivity contribution in [2.24, 2.45) is 0 Å². The maximum absolute atomic E-state index is 12.0. The Balaban J connectivity index is 2.31. The van der Waals surface area contributed by atoms with Gasteiger partial charge in [0.2, 0.25) is 0 Å². The van der Waals surface area contributed by atoms with E-state index >= 15 is 0 Å². The van der Waals surface area contributed by atoms with Crippen LogP contribution in [0.5, 0.6) is 0 Å². The number of hydrogen-bond acceptors (Lipinski definition) is 4. The lowest BCUT2D eigenvalue weighted by Crippen LogP contribution is -2.16. The van der Waals surface area contributed by atoms with E-state index in [1.807, 2.05) is 26.0 Å². The molecule has 0 saturated carbocycles. The first-order valence-electron chi connectivity index (χ1n) is 5.89. The van der Waals surface area contributed by atoms with Crippen molar-refractivity contribution >= 4 is 5.97 Å². The summed E-state index contributed by atoms with van der Waals surface area (Å²) < 4.78 is 6.87. The normalized spacial score (nSPS) is 12.1. The van der Waals surface area contributed by atoms with E-state index in [1.54, 1.807) is 29.2 Å². The van der Waals surface area contributed by atoms with Gasteiger partial charge >= 0.3 is 5.97 Å². The molecule has 0 aliphatic carbocycles. The first-order chi connectivity index (χ1) is 8.72. The number of para-hydroxylation sites is 1. The molecule has 0 spiro atoms. The van der Waals surface area contributed by atoms with Crippen molar-refractivity contribution in [3.63, 3.8) is 0 Å². The van der Waals surface area contributed by atoms with Gasteiger partial charge in [0.25, 0.3) is 0 Å². The molecule has 0 aliphatic heterocycles. The predicted octanol–water partition coefficient (Wildman–Crippen LogP) is 2.22. The zero-order chi connectivity index (χ0) is 13.0. The minimum Gasteiger partial charge on any atom is -0.459 e. The minimum absolute atomic E-state index is 0.0960. The largest absolute Gasteiger partial charge is 0.459 e. The Hall–Kier alpha value is -2.17. The molecule has 18 heavy (non-hydrogen) atoms. The summed E-state index contributed by atoms with van der Waals surface area (Å²) in [6.45, 7) is 3.84. The van der Waals surface area contributed by atoms with E-state index in [4.69, 9.17) is 4.74 Å². The van der Waals surface area contributed by atoms with Gasteiger partial charge in [-0.05, 0) is 25.5 Å². The lowest BCUT2D eigenvalue weighted by atomic mass is 10.2. The van der Waals surface area contributed by atoms with E-state index in [9.17, 15) is 4.79 Å². The van der Waals surface area contributed by atoms with Crippen LogP contribution >= 0.6 is 0 Å². The topological polar surface area (TPSA) is 57.0 Å². The average molecular weight is 245 g/mol. The van der Waals surface area contributed by atoms with E-state index < -0.39 is 0 Å². The Kier molecular flexibility index (Phi) is 3.72. The molecule has 2 rings (SSSR count). The Morgan fingerprint density at radius 2 is 2.22 bits per heavy atom. The highest BCUT2D eigenvalue weighted by molar-refractivity contribution is 5.93. The van der Waals surface area contributed by atoms with Gasteiger partial charge in [-0.3, -0.25) is 0 Å². The van der Waals surface area contributed by atoms with E-state index in [0.29, 0.717) is 11.3 Å². The zero-order valence-corrected chi connectivity index (χ0v) is 10.4. The molecular weight excluding hydrogens is 230 g/mol. The summed E-state index contributed by atoms with van der Waals surface area (Å²) in [4.78, 5) is 12.0. The van der Waals surface area contributed by atoms with Crippen LogP contribution in [0.2, 0.25) is 0 Å². The van der Waals surface area contributed by atoms with E-state index in [2.05, 4.69) is 10.3 Å². The molecule has 1 aromatic heterocycles. The predicted molar refractivity (Wildman–Crippen MR) is 66.5 cm³/mol. The van der Waals surface area contributed by atoms with Crippen molar-refractivity contribution in [2.45, 2.75) is 26.4 Å². The molecule has 0 N–H and O–H groups in total. The lowest BCUT2D eigenvalue weighted by Gasteiger charge is -2.13. The van der Waals surface area contributed by atoms with Gasteiger partial charge in [0.15, 0.2) is 0 Å². The van der Waals surface area contributed by atoms with Crippen LogP contribution in [0.15, 0.2) is 36.7 Å². The molecule has 1 atom stereocenters. The molecule has 94 valence electrons. The molecule has 0 fully saturated rings. The van der Waals surface area contributed by atoms with Gasteiger partial charge in [-0.25, -0.2) is 9.48 Å². The first kappa shape index (κ1) is 12.3. The third-order valence-corrected chi connectivity index (χ3v) is 2.68. The monoisotopic (exact) mass is 245 g/mol. The average Bonchev–Trinajstić information content (AvgIpc) is 2.92. The fourth-order valence-corrected chi connectivity index (χ4v) is 1.51. The zero-order valence-electron chi connectivity index (χ0n) is 10.4. The molecule has 0 radical (unpaired) electrons. The molecule has 5 heteroatoms. The molecule has 0 bridgehead atoms. The van der Waals surface area contributed by atoms with Crippen LogP contribution in [0.1, 0.15) is 30.6 Å². The van der Waals surface area contributed by atoms with E-state index in [1.165, 1.54) is 0 Å². The van der Waals surface area contributed by atoms with Crippen LogP contribution in [-0.4, -0.2) is 27.1 Å². The van der Waals surface area contributed by atoms with Crippen LogP contribution in [0.4, 0.5) is 0 Å². The third kappa shape index (κ3) is 2.56. The number of hydrogen-bond donors (Lipinski definition) is 0. The first-order valence-corrected chi connectivity index (χ1v) is 5.89. The Morgan fingerprint density at radius 1 is 1.44 bits per heavy atom. The number of ether oxygens (including phenoxy) is 1. The van der Waals surface area contributed by atoms with Crippen molar-refractivity contribution in [3.05, 3.63) is 42.2 Å². The number of aromatic nitrogens is 3. The minimum atomic E-state index is -0.338. The van der Waals surface area contributed by atoms with Crippen LogP contribution < -0.4 is 0 Å². The fourth-order valence-electron chi connectivity index (χ4n) is 1.51. The van der Waals surface area contributed by atoms with Gasteiger partial charge in [-0.15, -0.1) is 5.10 Å². The summed E-state index contributed by atoms with van der Waals surface area (Å²) in [7, 11) is 0. The molecule has 1 aromatic carbocycles. The van der Waals surface area contributed by atoms with Gasteiger partial charge in [0.05, 0.1) is 29.7 Å². The maximum Gasteiger partial charge on any atom is 0.340 e. The molecule has 0 amide bonds. The standard InChI is InChI=1S/C13H15N3O2/c1-3-10(2)18-13(17)11-6-4-5-7-12(11)16-9-8-14-15-16/h4-10H,3H2,1-2H3. The molecule has 0 aliphatic rings. The fraction of sp³-hybridized carbons (Fsp3) is 0.308. The summed E-state index contributed by atoms with van der Waals surface area (Å²) in [5.41, 5.74) is 1.16. The summed E-state index contributed by atoms with van der Waals surface area (Å²) in [6.07, 6.45) is 3.95. The second kappa shape index (κ2) is 5.44. The molecule has 0 saturated heterocycles. The van der Waals surface area contributed by atoms with Crippen molar-refractivity contribution in [1.29, 1.82) is 0 Å². The van der Waals surface area contributed by atoms with Gasteiger partial charge < -0.3 is 4.74 Å². The molecule has 5 nitrogen and oxygen atoms in total. The lowest BCUT2D eigenvalue weighted by molar-refractivity contribution is 0.0334. The summed E-state index contributed by atoms with van der Waals surface area (Å²) in [5, 5.41) is 7.62. The van der Waals surface area contributed by atoms with E-state index in [-0.39, 0.29) is 12.1 Å². The number of nitrogens with zero attached hydrogens (tertiary/aromatic N) is 3. The Bertz CT molecular complexity index is 523. The smallest absolute Gasteiger partial charge is 0.340 e. The van der Waals surface area contributed by atoms with Gasteiger partial charge in [-0.2, -0.15) is 0 Å². The van der Waals surface area contributed by atoms with Crippen molar-refractivity contribution in [3.8, 4) is 5.69 Å². The summed E-state index contributed by atoms with van der Waals surface area (Å²) in [6, 6.07) is 7.17. The van der Waals surface area contributed by atoms with Crippen LogP contribution in [0, 0.1) is 0 Å². The van der Waals surface area contributed by atoms with Crippen LogP contribution in [-0.2, 0) is 4.74 Å². The number of rotatable bonds is 4. The van der Waals surface area contributed by atoms with Crippen molar-refractivity contribution in [2.75, 3.05) is 0 Å².